The lowest BCUT2D eigenvalue weighted by atomic mass is 9.76. The molecule has 204 valence electrons. The van der Waals surface area contributed by atoms with Gasteiger partial charge < -0.3 is 4.90 Å². The first-order valence-corrected chi connectivity index (χ1v) is 12.7. The van der Waals surface area contributed by atoms with E-state index in [0.717, 1.165) is 30.3 Å². The molecular weight excluding hydrogens is 546 g/mol. The van der Waals surface area contributed by atoms with Crippen LogP contribution in [0.3, 0.4) is 0 Å². The van der Waals surface area contributed by atoms with Gasteiger partial charge in [-0.3, -0.25) is 4.79 Å². The summed E-state index contributed by atoms with van der Waals surface area (Å²) < 4.78 is 135. The average Bonchev–Trinajstić information content (AvgIpc) is 3.24. The molecule has 0 aromatic heterocycles. The maximum atomic E-state index is 14.8. The third-order valence-electron chi connectivity index (χ3n) is 7.16. The zero-order chi connectivity index (χ0) is 28.3. The number of aryl methyl sites for hydroxylation is 1. The summed E-state index contributed by atoms with van der Waals surface area (Å²) in [5.74, 6) is 3.28. The Bertz CT molecular complexity index is 1420. The number of likely N-dealkylation sites (tertiary alicyclic amines) is 1. The second kappa shape index (κ2) is 8.97. The smallest absolute Gasteiger partial charge is 0.327 e. The van der Waals surface area contributed by atoms with Crippen LogP contribution in [0.1, 0.15) is 36.5 Å². The lowest BCUT2D eigenvalue weighted by molar-refractivity contribution is -0.348. The monoisotopic (exact) mass is 565 g/mol. The van der Waals surface area contributed by atoms with E-state index in [1.807, 2.05) is 0 Å². The Morgan fingerprint density at radius 1 is 1.00 bits per heavy atom. The average molecular weight is 565 g/mol. The minimum Gasteiger partial charge on any atom is -0.327 e. The quantitative estimate of drug-likeness (QED) is 0.286. The van der Waals surface area contributed by atoms with Gasteiger partial charge in [-0.25, -0.2) is 17.2 Å². The van der Waals surface area contributed by atoms with E-state index in [-0.39, 0.29) is 47.9 Å². The minimum atomic E-state index is -6.34. The molecule has 2 aromatic rings. The highest BCUT2D eigenvalue weighted by Crippen LogP contribution is 2.56. The van der Waals surface area contributed by atoms with Gasteiger partial charge in [-0.05, 0) is 67.5 Å². The van der Waals surface area contributed by atoms with Crippen LogP contribution < -0.4 is 0 Å². The van der Waals surface area contributed by atoms with Crippen molar-refractivity contribution in [1.29, 1.82) is 0 Å². The van der Waals surface area contributed by atoms with Crippen molar-refractivity contribution < 1.29 is 48.3 Å². The van der Waals surface area contributed by atoms with Gasteiger partial charge in [0.15, 0.2) is 9.84 Å². The molecule has 0 bridgehead atoms. The van der Waals surface area contributed by atoms with Gasteiger partial charge in [-0.15, -0.1) is 0 Å². The van der Waals surface area contributed by atoms with Gasteiger partial charge in [-0.2, -0.15) is 26.3 Å². The molecule has 1 fully saturated rings. The van der Waals surface area contributed by atoms with Crippen LogP contribution in [0, 0.1) is 17.7 Å². The van der Waals surface area contributed by atoms with E-state index < -0.39 is 55.9 Å². The van der Waals surface area contributed by atoms with Crippen LogP contribution >= 0.6 is 0 Å². The number of halogens is 8. The highest BCUT2D eigenvalue weighted by molar-refractivity contribution is 7.92. The molecule has 13 heteroatoms. The van der Waals surface area contributed by atoms with Crippen LogP contribution in [0.2, 0.25) is 0 Å². The van der Waals surface area contributed by atoms with E-state index in [1.165, 1.54) is 11.8 Å². The summed E-state index contributed by atoms with van der Waals surface area (Å²) in [6.45, 7) is 1.26. The molecule has 0 spiro atoms. The molecule has 1 amide bonds. The summed E-state index contributed by atoms with van der Waals surface area (Å²) >= 11 is 0. The molecule has 0 radical (unpaired) electrons. The van der Waals surface area contributed by atoms with Crippen molar-refractivity contribution in [2.75, 3.05) is 6.54 Å². The summed E-state index contributed by atoms with van der Waals surface area (Å²) in [5, 5.41) is 0. The van der Waals surface area contributed by atoms with Crippen molar-refractivity contribution in [1.82, 2.24) is 4.90 Å². The summed E-state index contributed by atoms with van der Waals surface area (Å²) in [6, 6.07) is 4.08. The molecule has 1 aliphatic carbocycles. The van der Waals surface area contributed by atoms with Gasteiger partial charge in [0.1, 0.15) is 10.6 Å². The van der Waals surface area contributed by atoms with Crippen LogP contribution in [0.25, 0.3) is 0 Å². The first-order chi connectivity index (χ1) is 17.5. The highest BCUT2D eigenvalue weighted by Gasteiger charge is 2.73. The number of rotatable bonds is 3. The molecule has 0 saturated carbocycles. The Kier molecular flexibility index (Phi) is 6.58. The van der Waals surface area contributed by atoms with Gasteiger partial charge in [0, 0.05) is 12.1 Å². The SMILES string of the molecule is CC#CC(=O)N1CC[C@]2(S(=O)(=O)c3ccc(F)cc3)c3ccc(C(F)(C(F)(F)F)C(F)(F)F)cc3CC[C@H]12. The third kappa shape index (κ3) is 3.87. The van der Waals surface area contributed by atoms with Gasteiger partial charge >= 0.3 is 18.0 Å². The van der Waals surface area contributed by atoms with Crippen LogP contribution in [-0.4, -0.2) is 44.2 Å². The Morgan fingerprint density at radius 3 is 2.16 bits per heavy atom. The Morgan fingerprint density at radius 2 is 1.61 bits per heavy atom. The summed E-state index contributed by atoms with van der Waals surface area (Å²) in [5.41, 5.74) is -7.79. The van der Waals surface area contributed by atoms with E-state index in [2.05, 4.69) is 11.8 Å². The number of hydrogen-bond donors (Lipinski definition) is 0. The third-order valence-corrected chi connectivity index (χ3v) is 9.71. The molecule has 2 aliphatic rings. The van der Waals surface area contributed by atoms with Gasteiger partial charge in [0.2, 0.25) is 0 Å². The number of carbonyl (C=O) groups excluding carboxylic acids is 1. The topological polar surface area (TPSA) is 54.5 Å². The van der Waals surface area contributed by atoms with Crippen molar-refractivity contribution in [2.24, 2.45) is 0 Å². The largest absolute Gasteiger partial charge is 0.435 e. The number of amides is 1. The van der Waals surface area contributed by atoms with Crippen LogP contribution in [0.5, 0.6) is 0 Å². The van der Waals surface area contributed by atoms with E-state index in [9.17, 15) is 48.3 Å². The van der Waals surface area contributed by atoms with Gasteiger partial charge in [0.25, 0.3) is 5.91 Å². The normalized spacial score (nSPS) is 21.8. The fourth-order valence-corrected chi connectivity index (χ4v) is 7.84. The molecule has 1 heterocycles. The predicted molar refractivity (Wildman–Crippen MR) is 118 cm³/mol. The number of sulfone groups is 1. The molecule has 1 aliphatic heterocycles. The van der Waals surface area contributed by atoms with Crippen LogP contribution in [-0.2, 0) is 31.5 Å². The Balaban J connectivity index is 1.97. The zero-order valence-electron chi connectivity index (χ0n) is 19.6. The van der Waals surface area contributed by atoms with E-state index >= 15 is 0 Å². The predicted octanol–water partition coefficient (Wildman–Crippen LogP) is 5.35. The number of fused-ring (bicyclic) bond motifs is 3. The first-order valence-electron chi connectivity index (χ1n) is 11.2. The zero-order valence-corrected chi connectivity index (χ0v) is 20.4. The van der Waals surface area contributed by atoms with Crippen molar-refractivity contribution in [2.45, 2.75) is 59.9 Å². The summed E-state index contributed by atoms with van der Waals surface area (Å²) in [7, 11) is -4.52. The fourth-order valence-electron chi connectivity index (χ4n) is 5.48. The maximum Gasteiger partial charge on any atom is 0.435 e. The van der Waals surface area contributed by atoms with E-state index in [4.69, 9.17) is 0 Å². The van der Waals surface area contributed by atoms with E-state index in [1.54, 1.807) is 0 Å². The molecule has 1 saturated heterocycles. The van der Waals surface area contributed by atoms with Crippen molar-refractivity contribution >= 4 is 15.7 Å². The Hall–Kier alpha value is -3.14. The number of benzene rings is 2. The number of hydrogen-bond acceptors (Lipinski definition) is 3. The molecule has 0 unspecified atom stereocenters. The lowest BCUT2D eigenvalue weighted by Gasteiger charge is -2.42. The second-order valence-electron chi connectivity index (χ2n) is 9.05. The fraction of sp³-hybridized carbons (Fsp3) is 0.400. The molecule has 4 rings (SSSR count). The number of alkyl halides is 7. The maximum absolute atomic E-state index is 14.8. The molecular formula is C25H19F8NO3S. The highest BCUT2D eigenvalue weighted by atomic mass is 32.2. The van der Waals surface area contributed by atoms with Crippen molar-refractivity contribution in [3.63, 3.8) is 0 Å². The van der Waals surface area contributed by atoms with Crippen molar-refractivity contribution in [3.05, 3.63) is 65.0 Å². The number of nitrogens with zero attached hydrogens (tertiary/aromatic N) is 1. The van der Waals surface area contributed by atoms with Crippen LogP contribution in [0.15, 0.2) is 47.4 Å². The van der Waals surface area contributed by atoms with Gasteiger partial charge in [0.05, 0.1) is 10.9 Å². The summed E-state index contributed by atoms with van der Waals surface area (Å²) in [6.07, 6.45) is -13.3. The van der Waals surface area contributed by atoms with Crippen molar-refractivity contribution in [3.8, 4) is 11.8 Å². The van der Waals surface area contributed by atoms with E-state index in [0.29, 0.717) is 6.07 Å². The molecule has 0 N–H and O–H groups in total. The minimum absolute atomic E-state index is 0.127. The standard InChI is InChI=1S/C25H19F8NO3S/c1-2-3-21(35)34-13-12-22(38(36,37)18-8-6-17(26)7-9-18)19-10-5-16(14-15(19)4-11-20(22)34)23(27,24(28,29)30)25(31,32)33/h5-10,14,20H,4,11-13H2,1H3/t20-,22-/m0/s1. The first kappa shape index (κ1) is 27.9. The van der Waals surface area contributed by atoms with Crippen LogP contribution in [0.4, 0.5) is 35.1 Å². The molecule has 4 nitrogen and oxygen atoms in total. The molecule has 2 atom stereocenters. The second-order valence-corrected chi connectivity index (χ2v) is 11.3. The van der Waals surface area contributed by atoms with Gasteiger partial charge in [-0.1, -0.05) is 24.1 Å². The summed E-state index contributed by atoms with van der Waals surface area (Å²) in [4.78, 5) is 13.5. The molecule has 38 heavy (non-hydrogen) atoms. The lowest BCUT2D eigenvalue weighted by Crippen LogP contribution is -2.53. The number of carbonyl (C=O) groups is 1. The molecule has 2 aromatic carbocycles. The Labute approximate surface area is 212 Å².